The number of methoxy groups -OCH3 is 1. The van der Waals surface area contributed by atoms with Crippen molar-refractivity contribution in [3.05, 3.63) is 80.6 Å². The zero-order chi connectivity index (χ0) is 23.8. The zero-order valence-electron chi connectivity index (χ0n) is 18.9. The molecule has 1 N–H and O–H groups in total. The lowest BCUT2D eigenvalue weighted by Crippen LogP contribution is -2.16. The van der Waals surface area contributed by atoms with E-state index in [0.29, 0.717) is 27.7 Å². The van der Waals surface area contributed by atoms with Gasteiger partial charge in [-0.05, 0) is 55.0 Å². The number of hydrogen-bond acceptors (Lipinski definition) is 5. The summed E-state index contributed by atoms with van der Waals surface area (Å²) in [4.78, 5) is 32.3. The van der Waals surface area contributed by atoms with Gasteiger partial charge in [0.15, 0.2) is 0 Å². The number of anilines is 1. The normalized spacial score (nSPS) is 15.1. The van der Waals surface area contributed by atoms with Crippen LogP contribution in [0, 0.1) is 5.92 Å². The molecule has 1 aliphatic rings. The molecule has 1 amide bonds. The molecule has 1 unspecified atom stereocenters. The molecule has 1 aliphatic carbocycles. The number of thiophene rings is 1. The first-order chi connectivity index (χ1) is 16.4. The van der Waals surface area contributed by atoms with E-state index in [1.165, 1.54) is 18.4 Å². The minimum absolute atomic E-state index is 0.278. The second kappa shape index (κ2) is 9.31. The van der Waals surface area contributed by atoms with E-state index < -0.39 is 5.97 Å². The van der Waals surface area contributed by atoms with Crippen molar-refractivity contribution in [3.63, 3.8) is 0 Å². The molecule has 0 saturated heterocycles. The number of ether oxygens (including phenoxy) is 1. The number of esters is 1. The summed E-state index contributed by atoms with van der Waals surface area (Å²) >= 11 is 5.00. The molecular formula is C27H23BrN2O3S. The number of nitrogens with zero attached hydrogens (tertiary/aromatic N) is 1. The lowest BCUT2D eigenvalue weighted by Gasteiger charge is -2.18. The smallest absolute Gasteiger partial charge is 0.341 e. The highest BCUT2D eigenvalue weighted by Gasteiger charge is 2.29. The van der Waals surface area contributed by atoms with E-state index >= 15 is 0 Å². The van der Waals surface area contributed by atoms with Crippen LogP contribution in [-0.2, 0) is 17.6 Å². The van der Waals surface area contributed by atoms with Crippen molar-refractivity contribution in [2.45, 2.75) is 26.2 Å². The molecule has 7 heteroatoms. The maximum absolute atomic E-state index is 13.7. The fraction of sp³-hybridized carbons (Fsp3) is 0.222. The van der Waals surface area contributed by atoms with Crippen molar-refractivity contribution in [1.29, 1.82) is 0 Å². The van der Waals surface area contributed by atoms with Gasteiger partial charge in [0.2, 0.25) is 0 Å². The molecule has 0 spiro atoms. The average molecular weight is 535 g/mol. The Morgan fingerprint density at radius 2 is 1.94 bits per heavy atom. The van der Waals surface area contributed by atoms with Gasteiger partial charge in [-0.3, -0.25) is 4.79 Å². The van der Waals surface area contributed by atoms with E-state index in [-0.39, 0.29) is 5.91 Å². The summed E-state index contributed by atoms with van der Waals surface area (Å²) in [6, 6.07) is 17.3. The van der Waals surface area contributed by atoms with Gasteiger partial charge in [0.05, 0.1) is 29.4 Å². The van der Waals surface area contributed by atoms with Crippen LogP contribution in [0.15, 0.2) is 59.1 Å². The molecular weight excluding hydrogens is 512 g/mol. The zero-order valence-corrected chi connectivity index (χ0v) is 21.3. The number of fused-ring (bicyclic) bond motifs is 2. The second-order valence-electron chi connectivity index (χ2n) is 8.58. The Bertz CT molecular complexity index is 1410. The quantitative estimate of drug-likeness (QED) is 0.289. The van der Waals surface area contributed by atoms with Crippen LogP contribution in [0.25, 0.3) is 22.2 Å². The van der Waals surface area contributed by atoms with Crippen LogP contribution in [0.2, 0.25) is 0 Å². The first-order valence-corrected chi connectivity index (χ1v) is 12.8. The molecule has 2 heterocycles. The van der Waals surface area contributed by atoms with Gasteiger partial charge in [-0.2, -0.15) is 0 Å². The Morgan fingerprint density at radius 1 is 1.15 bits per heavy atom. The molecule has 172 valence electrons. The summed E-state index contributed by atoms with van der Waals surface area (Å²) in [5.74, 6) is -0.135. The monoisotopic (exact) mass is 534 g/mol. The highest BCUT2D eigenvalue weighted by atomic mass is 79.9. The lowest BCUT2D eigenvalue weighted by molar-refractivity contribution is 0.0601. The molecule has 1 atom stereocenters. The summed E-state index contributed by atoms with van der Waals surface area (Å²) in [7, 11) is 1.38. The van der Waals surface area contributed by atoms with Crippen molar-refractivity contribution in [3.8, 4) is 11.3 Å². The summed E-state index contributed by atoms with van der Waals surface area (Å²) in [5.41, 5.74) is 4.37. The largest absolute Gasteiger partial charge is 0.465 e. The topological polar surface area (TPSA) is 68.3 Å². The van der Waals surface area contributed by atoms with Gasteiger partial charge in [-0.1, -0.05) is 53.2 Å². The summed E-state index contributed by atoms with van der Waals surface area (Å²) in [6.45, 7) is 2.21. The molecule has 0 radical (unpaired) electrons. The Balaban J connectivity index is 1.61. The molecule has 0 bridgehead atoms. The van der Waals surface area contributed by atoms with Gasteiger partial charge in [-0.15, -0.1) is 11.3 Å². The second-order valence-corrected chi connectivity index (χ2v) is 10.6. The molecule has 5 nitrogen and oxygen atoms in total. The minimum atomic E-state index is -0.408. The van der Waals surface area contributed by atoms with E-state index in [9.17, 15) is 9.59 Å². The number of pyridine rings is 1. The number of amides is 1. The minimum Gasteiger partial charge on any atom is -0.465 e. The Kier molecular flexibility index (Phi) is 6.23. The lowest BCUT2D eigenvalue weighted by atomic mass is 9.88. The third-order valence-electron chi connectivity index (χ3n) is 6.21. The maximum atomic E-state index is 13.7. The number of aromatic nitrogens is 1. The third kappa shape index (κ3) is 4.26. The number of halogens is 1. The molecule has 2 aromatic heterocycles. The first-order valence-electron chi connectivity index (χ1n) is 11.1. The number of nitrogens with one attached hydrogen (secondary N) is 1. The van der Waals surface area contributed by atoms with E-state index in [1.54, 1.807) is 0 Å². The van der Waals surface area contributed by atoms with Crippen LogP contribution in [0.1, 0.15) is 44.5 Å². The van der Waals surface area contributed by atoms with Crippen LogP contribution in [-0.4, -0.2) is 24.0 Å². The number of benzene rings is 2. The number of rotatable bonds is 4. The average Bonchev–Trinajstić information content (AvgIpc) is 3.20. The van der Waals surface area contributed by atoms with E-state index in [0.717, 1.165) is 50.6 Å². The SMILES string of the molecule is COC(=O)c1c(NC(=O)c2cc(-c3ccccc3)nc3ccc(Br)cc23)sc2c1CCC(C)C2. The highest BCUT2D eigenvalue weighted by molar-refractivity contribution is 9.10. The summed E-state index contributed by atoms with van der Waals surface area (Å²) in [5, 5.41) is 4.33. The van der Waals surface area contributed by atoms with Gasteiger partial charge in [0, 0.05) is 20.3 Å². The van der Waals surface area contributed by atoms with Crippen LogP contribution >= 0.6 is 27.3 Å². The highest BCUT2D eigenvalue weighted by Crippen LogP contribution is 2.40. The van der Waals surface area contributed by atoms with E-state index in [1.807, 2.05) is 54.6 Å². The predicted molar refractivity (Wildman–Crippen MR) is 140 cm³/mol. The van der Waals surface area contributed by atoms with Crippen molar-refractivity contribution in [1.82, 2.24) is 4.98 Å². The molecule has 0 saturated carbocycles. The Hall–Kier alpha value is -3.03. The van der Waals surface area contributed by atoms with Crippen molar-refractivity contribution < 1.29 is 14.3 Å². The molecule has 0 fully saturated rings. The van der Waals surface area contributed by atoms with Crippen LogP contribution in [0.4, 0.5) is 5.00 Å². The van der Waals surface area contributed by atoms with Gasteiger partial charge >= 0.3 is 5.97 Å². The van der Waals surface area contributed by atoms with Gasteiger partial charge in [0.1, 0.15) is 5.00 Å². The summed E-state index contributed by atoms with van der Waals surface area (Å²) < 4.78 is 5.94. The molecule has 34 heavy (non-hydrogen) atoms. The standard InChI is InChI=1S/C27H23BrN2O3S/c1-15-8-10-18-23(12-15)34-26(24(18)27(32)33-2)30-25(31)20-14-22(16-6-4-3-5-7-16)29-21-11-9-17(28)13-19(20)21/h3-7,9,11,13-15H,8,10,12H2,1-2H3,(H,30,31). The van der Waals surface area contributed by atoms with Gasteiger partial charge in [-0.25, -0.2) is 9.78 Å². The number of hydrogen-bond donors (Lipinski definition) is 1. The van der Waals surface area contributed by atoms with Gasteiger partial charge < -0.3 is 10.1 Å². The van der Waals surface area contributed by atoms with Crippen molar-refractivity contribution in [2.75, 3.05) is 12.4 Å². The summed E-state index contributed by atoms with van der Waals surface area (Å²) in [6.07, 6.45) is 2.74. The van der Waals surface area contributed by atoms with Crippen molar-refractivity contribution in [2.24, 2.45) is 5.92 Å². The number of carbonyl (C=O) groups excluding carboxylic acids is 2. The fourth-order valence-electron chi connectivity index (χ4n) is 4.47. The van der Waals surface area contributed by atoms with Crippen LogP contribution in [0.3, 0.4) is 0 Å². The van der Waals surface area contributed by atoms with E-state index in [2.05, 4.69) is 28.2 Å². The maximum Gasteiger partial charge on any atom is 0.341 e. The van der Waals surface area contributed by atoms with E-state index in [4.69, 9.17) is 9.72 Å². The Morgan fingerprint density at radius 3 is 2.71 bits per heavy atom. The predicted octanol–water partition coefficient (Wildman–Crippen LogP) is 6.89. The molecule has 0 aliphatic heterocycles. The van der Waals surface area contributed by atoms with Crippen molar-refractivity contribution >= 4 is 55.0 Å². The first kappa shape index (κ1) is 22.7. The number of carbonyl (C=O) groups is 2. The molecule has 4 aromatic rings. The molecule has 2 aromatic carbocycles. The van der Waals surface area contributed by atoms with Gasteiger partial charge in [0.25, 0.3) is 5.91 Å². The van der Waals surface area contributed by atoms with Crippen LogP contribution in [0.5, 0.6) is 0 Å². The fourth-order valence-corrected chi connectivity index (χ4v) is 6.22. The van der Waals surface area contributed by atoms with Crippen LogP contribution < -0.4 is 5.32 Å². The third-order valence-corrected chi connectivity index (χ3v) is 7.88. The Labute approximate surface area is 210 Å². The molecule has 5 rings (SSSR count).